The summed E-state index contributed by atoms with van der Waals surface area (Å²) in [6.07, 6.45) is 4.05. The molecular weight excluding hydrogens is 316 g/mol. The molecule has 1 amide bonds. The number of anilines is 1. The second-order valence-corrected chi connectivity index (χ2v) is 6.33. The first-order chi connectivity index (χ1) is 12.0. The number of fused-ring (bicyclic) bond motifs is 1. The zero-order valence-electron chi connectivity index (χ0n) is 14.3. The van der Waals surface area contributed by atoms with E-state index in [2.05, 4.69) is 29.1 Å². The molecule has 0 spiro atoms. The molecule has 3 rings (SSSR count). The monoisotopic (exact) mass is 336 g/mol. The molecular formula is C19H20N4O2. The maximum absolute atomic E-state index is 12.6. The molecule has 0 aliphatic rings. The van der Waals surface area contributed by atoms with Crippen LogP contribution in [0, 0.1) is 5.92 Å². The quantitative estimate of drug-likeness (QED) is 0.777. The smallest absolute Gasteiger partial charge is 0.274 e. The minimum Gasteiger partial charge on any atom is -0.321 e. The van der Waals surface area contributed by atoms with Crippen molar-refractivity contribution >= 4 is 22.5 Å². The van der Waals surface area contributed by atoms with Crippen LogP contribution in [0.2, 0.25) is 0 Å². The zero-order valence-corrected chi connectivity index (χ0v) is 14.3. The maximum Gasteiger partial charge on any atom is 0.274 e. The molecule has 2 heterocycles. The van der Waals surface area contributed by atoms with Gasteiger partial charge in [0.1, 0.15) is 5.69 Å². The number of hydrogen-bond acceptors (Lipinski definition) is 4. The minimum absolute atomic E-state index is 0.0976. The molecule has 0 atom stereocenters. The number of nitrogens with one attached hydrogen (secondary N) is 1. The molecule has 0 bridgehead atoms. The molecule has 0 unspecified atom stereocenters. The Bertz CT molecular complexity index is 949. The average Bonchev–Trinajstić information content (AvgIpc) is 2.62. The molecule has 1 aromatic carbocycles. The first-order valence-electron chi connectivity index (χ1n) is 8.26. The van der Waals surface area contributed by atoms with Crippen molar-refractivity contribution in [3.05, 3.63) is 65.0 Å². The second-order valence-electron chi connectivity index (χ2n) is 6.33. The summed E-state index contributed by atoms with van der Waals surface area (Å²) in [5.74, 6) is 0.190. The van der Waals surface area contributed by atoms with Gasteiger partial charge in [0.25, 0.3) is 11.5 Å². The van der Waals surface area contributed by atoms with Crippen LogP contribution in [0.25, 0.3) is 10.9 Å². The zero-order chi connectivity index (χ0) is 17.8. The Morgan fingerprint density at radius 1 is 1.20 bits per heavy atom. The number of amides is 1. The van der Waals surface area contributed by atoms with Crippen molar-refractivity contribution in [1.82, 2.24) is 14.5 Å². The molecule has 0 saturated carbocycles. The summed E-state index contributed by atoms with van der Waals surface area (Å²) in [5.41, 5.74) is 1.38. The largest absolute Gasteiger partial charge is 0.321 e. The Morgan fingerprint density at radius 3 is 2.76 bits per heavy atom. The van der Waals surface area contributed by atoms with Crippen LogP contribution in [0.5, 0.6) is 0 Å². The number of pyridine rings is 1. The summed E-state index contributed by atoms with van der Waals surface area (Å²) >= 11 is 0. The van der Waals surface area contributed by atoms with Crippen molar-refractivity contribution in [3.8, 4) is 0 Å². The van der Waals surface area contributed by atoms with Crippen LogP contribution >= 0.6 is 0 Å². The number of carbonyl (C=O) groups is 1. The molecule has 6 nitrogen and oxygen atoms in total. The first-order valence-corrected chi connectivity index (χ1v) is 8.26. The summed E-state index contributed by atoms with van der Waals surface area (Å²) in [7, 11) is 0. The standard InChI is InChI=1S/C19H20N4O2/c1-13(2)8-10-23-12-21-16-7-6-14(11-15(16)19(23)25)22-18(24)17-5-3-4-9-20-17/h3-7,9,11-13H,8,10H2,1-2H3,(H,22,24). The highest BCUT2D eigenvalue weighted by Crippen LogP contribution is 2.15. The van der Waals surface area contributed by atoms with Crippen molar-refractivity contribution in [3.63, 3.8) is 0 Å². The Balaban J connectivity index is 1.89. The Kier molecular flexibility index (Phi) is 4.88. The number of benzene rings is 1. The van der Waals surface area contributed by atoms with Gasteiger partial charge in [0.05, 0.1) is 17.2 Å². The number of carbonyl (C=O) groups excluding carboxylic acids is 1. The lowest BCUT2D eigenvalue weighted by atomic mass is 10.1. The molecule has 1 N–H and O–H groups in total. The van der Waals surface area contributed by atoms with Crippen molar-refractivity contribution in [2.24, 2.45) is 5.92 Å². The van der Waals surface area contributed by atoms with Gasteiger partial charge in [0.2, 0.25) is 0 Å². The van der Waals surface area contributed by atoms with Gasteiger partial charge >= 0.3 is 0 Å². The molecule has 0 aliphatic heterocycles. The lowest BCUT2D eigenvalue weighted by molar-refractivity contribution is 0.102. The Hall–Kier alpha value is -3.02. The summed E-state index contributed by atoms with van der Waals surface area (Å²) in [6.45, 7) is 4.86. The number of hydrogen-bond donors (Lipinski definition) is 1. The molecule has 0 aliphatic carbocycles. The first kappa shape index (κ1) is 16.8. The van der Waals surface area contributed by atoms with Gasteiger partial charge in [-0.25, -0.2) is 4.98 Å². The van der Waals surface area contributed by atoms with Crippen LogP contribution < -0.4 is 10.9 Å². The van der Waals surface area contributed by atoms with E-state index in [1.165, 1.54) is 0 Å². The lowest BCUT2D eigenvalue weighted by Gasteiger charge is -2.10. The van der Waals surface area contributed by atoms with Gasteiger partial charge in [-0.1, -0.05) is 19.9 Å². The fourth-order valence-electron chi connectivity index (χ4n) is 2.49. The van der Waals surface area contributed by atoms with E-state index in [4.69, 9.17) is 0 Å². The second kappa shape index (κ2) is 7.25. The van der Waals surface area contributed by atoms with Crippen molar-refractivity contribution in [2.45, 2.75) is 26.8 Å². The third-order valence-electron chi connectivity index (χ3n) is 3.93. The van der Waals surface area contributed by atoms with E-state index in [0.717, 1.165) is 6.42 Å². The van der Waals surface area contributed by atoms with Gasteiger partial charge in [-0.15, -0.1) is 0 Å². The van der Waals surface area contributed by atoms with Gasteiger partial charge in [-0.05, 0) is 42.7 Å². The number of rotatable bonds is 5. The molecule has 25 heavy (non-hydrogen) atoms. The molecule has 2 aromatic heterocycles. The Labute approximate surface area is 145 Å². The molecule has 0 saturated heterocycles. The van der Waals surface area contributed by atoms with Crippen LogP contribution in [0.1, 0.15) is 30.8 Å². The van der Waals surface area contributed by atoms with Crippen LogP contribution in [0.3, 0.4) is 0 Å². The third kappa shape index (κ3) is 3.91. The van der Waals surface area contributed by atoms with E-state index in [9.17, 15) is 9.59 Å². The van der Waals surface area contributed by atoms with E-state index in [0.29, 0.717) is 34.7 Å². The van der Waals surface area contributed by atoms with Gasteiger partial charge in [0.15, 0.2) is 0 Å². The summed E-state index contributed by atoms with van der Waals surface area (Å²) in [5, 5.41) is 3.26. The van der Waals surface area contributed by atoms with Crippen molar-refractivity contribution in [1.29, 1.82) is 0 Å². The van der Waals surface area contributed by atoms with Crippen molar-refractivity contribution in [2.75, 3.05) is 5.32 Å². The highest BCUT2D eigenvalue weighted by atomic mass is 16.2. The van der Waals surface area contributed by atoms with E-state index < -0.39 is 0 Å². The topological polar surface area (TPSA) is 76.9 Å². The van der Waals surface area contributed by atoms with E-state index in [-0.39, 0.29) is 11.5 Å². The lowest BCUT2D eigenvalue weighted by Crippen LogP contribution is -2.21. The number of nitrogens with zero attached hydrogens (tertiary/aromatic N) is 3. The third-order valence-corrected chi connectivity index (χ3v) is 3.93. The van der Waals surface area contributed by atoms with Crippen LogP contribution in [0.4, 0.5) is 5.69 Å². The number of aryl methyl sites for hydroxylation is 1. The SMILES string of the molecule is CC(C)CCn1cnc2ccc(NC(=O)c3ccccn3)cc2c1=O. The van der Waals surface area contributed by atoms with Gasteiger partial charge < -0.3 is 5.32 Å². The van der Waals surface area contributed by atoms with Gasteiger partial charge in [-0.2, -0.15) is 0 Å². The molecule has 128 valence electrons. The normalized spacial score (nSPS) is 11.0. The van der Waals surface area contributed by atoms with Crippen molar-refractivity contribution < 1.29 is 4.79 Å². The van der Waals surface area contributed by atoms with Crippen LogP contribution in [0.15, 0.2) is 53.7 Å². The molecule has 6 heteroatoms. The number of aromatic nitrogens is 3. The minimum atomic E-state index is -0.316. The Morgan fingerprint density at radius 2 is 2.04 bits per heavy atom. The maximum atomic E-state index is 12.6. The van der Waals surface area contributed by atoms with E-state index in [1.54, 1.807) is 53.5 Å². The average molecular weight is 336 g/mol. The predicted molar refractivity (Wildman–Crippen MR) is 97.6 cm³/mol. The predicted octanol–water partition coefficient (Wildman–Crippen LogP) is 3.09. The summed E-state index contributed by atoms with van der Waals surface area (Å²) in [4.78, 5) is 33.2. The molecule has 0 radical (unpaired) electrons. The summed E-state index contributed by atoms with van der Waals surface area (Å²) in [6, 6.07) is 10.3. The molecule has 0 fully saturated rings. The van der Waals surface area contributed by atoms with E-state index >= 15 is 0 Å². The highest BCUT2D eigenvalue weighted by molar-refractivity contribution is 6.03. The van der Waals surface area contributed by atoms with Crippen LogP contribution in [-0.4, -0.2) is 20.4 Å². The van der Waals surface area contributed by atoms with E-state index in [1.807, 2.05) is 0 Å². The van der Waals surface area contributed by atoms with Gasteiger partial charge in [-0.3, -0.25) is 19.1 Å². The fraction of sp³-hybridized carbons (Fsp3) is 0.263. The highest BCUT2D eigenvalue weighted by Gasteiger charge is 2.10. The molecule has 3 aromatic rings. The van der Waals surface area contributed by atoms with Gasteiger partial charge in [0, 0.05) is 18.4 Å². The fourth-order valence-corrected chi connectivity index (χ4v) is 2.49. The summed E-state index contributed by atoms with van der Waals surface area (Å²) < 4.78 is 1.62. The van der Waals surface area contributed by atoms with Crippen LogP contribution in [-0.2, 0) is 6.54 Å².